The summed E-state index contributed by atoms with van der Waals surface area (Å²) in [6.45, 7) is 1.78. The Kier molecular flexibility index (Phi) is 3.50. The molecule has 1 aromatic heterocycles. The Morgan fingerprint density at radius 3 is 2.65 bits per heavy atom. The number of nitrogens with one attached hydrogen (secondary N) is 1. The zero-order valence-electron chi connectivity index (χ0n) is 10.6. The van der Waals surface area contributed by atoms with Gasteiger partial charge in [0, 0.05) is 15.5 Å². The molecule has 0 unspecified atom stereocenters. The van der Waals surface area contributed by atoms with Crippen LogP contribution in [0, 0.1) is 6.92 Å². The van der Waals surface area contributed by atoms with Gasteiger partial charge in [0.25, 0.3) is 5.91 Å². The number of hydrogen-bond acceptors (Lipinski definition) is 4. The molecule has 0 spiro atoms. The van der Waals surface area contributed by atoms with Crippen molar-refractivity contribution in [1.82, 2.24) is 9.59 Å². The van der Waals surface area contributed by atoms with Gasteiger partial charge < -0.3 is 5.32 Å². The summed E-state index contributed by atoms with van der Waals surface area (Å²) in [6, 6.07) is 11.7. The zero-order chi connectivity index (χ0) is 14.1. The highest BCUT2D eigenvalue weighted by atomic mass is 79.9. The molecular formula is C14H10BrN3OS. The van der Waals surface area contributed by atoms with E-state index >= 15 is 0 Å². The second kappa shape index (κ2) is 5.30. The number of benzene rings is 2. The van der Waals surface area contributed by atoms with E-state index in [0.29, 0.717) is 10.6 Å². The molecule has 0 aliphatic carbocycles. The van der Waals surface area contributed by atoms with Gasteiger partial charge in [-0.15, -0.1) is 5.10 Å². The minimum Gasteiger partial charge on any atom is -0.321 e. The fourth-order valence-corrected chi connectivity index (χ4v) is 3.02. The topological polar surface area (TPSA) is 54.9 Å². The summed E-state index contributed by atoms with van der Waals surface area (Å²) in [5, 5.41) is 8.83. The van der Waals surface area contributed by atoms with E-state index in [1.165, 1.54) is 0 Å². The molecule has 6 heteroatoms. The molecule has 1 N–H and O–H groups in total. The van der Waals surface area contributed by atoms with Crippen molar-refractivity contribution in [3.05, 3.63) is 51.4 Å². The first kappa shape index (κ1) is 13.2. The average molecular weight is 348 g/mol. The molecule has 2 aromatic carbocycles. The maximum atomic E-state index is 12.2. The van der Waals surface area contributed by atoms with E-state index in [1.54, 1.807) is 6.92 Å². The van der Waals surface area contributed by atoms with Crippen molar-refractivity contribution in [1.29, 1.82) is 0 Å². The Hall–Kier alpha value is -1.79. The normalized spacial score (nSPS) is 10.7. The maximum absolute atomic E-state index is 12.2. The third kappa shape index (κ3) is 2.32. The molecule has 0 aliphatic rings. The molecule has 3 rings (SSSR count). The van der Waals surface area contributed by atoms with Crippen LogP contribution in [-0.4, -0.2) is 15.5 Å². The zero-order valence-corrected chi connectivity index (χ0v) is 13.0. The summed E-state index contributed by atoms with van der Waals surface area (Å²) in [5.74, 6) is -0.176. The molecule has 0 saturated heterocycles. The smallest absolute Gasteiger partial charge is 0.269 e. The van der Waals surface area contributed by atoms with Crippen LogP contribution in [0.25, 0.3) is 10.8 Å². The molecular weight excluding hydrogens is 338 g/mol. The summed E-state index contributed by atoms with van der Waals surface area (Å²) in [4.78, 5) is 12.8. The van der Waals surface area contributed by atoms with E-state index in [0.717, 1.165) is 32.5 Å². The van der Waals surface area contributed by atoms with E-state index in [9.17, 15) is 4.79 Å². The average Bonchev–Trinajstić information content (AvgIpc) is 2.88. The van der Waals surface area contributed by atoms with Gasteiger partial charge in [0.05, 0.1) is 5.69 Å². The SMILES string of the molecule is Cc1nnsc1C(=O)Nc1ccc(Br)c2ccccc12. The summed E-state index contributed by atoms with van der Waals surface area (Å²) >= 11 is 4.62. The standard InChI is InChI=1S/C14H10BrN3OS/c1-8-13(20-18-17-8)14(19)16-12-7-6-11(15)9-4-2-3-5-10(9)12/h2-7H,1H3,(H,16,19). The third-order valence-electron chi connectivity index (χ3n) is 2.98. The van der Waals surface area contributed by atoms with Gasteiger partial charge in [0.1, 0.15) is 4.88 Å². The predicted octanol–water partition coefficient (Wildman–Crippen LogP) is 4.01. The molecule has 4 nitrogen and oxygen atoms in total. The van der Waals surface area contributed by atoms with Crippen LogP contribution < -0.4 is 5.32 Å². The van der Waals surface area contributed by atoms with Crippen molar-refractivity contribution in [3.63, 3.8) is 0 Å². The highest BCUT2D eigenvalue weighted by Crippen LogP contribution is 2.30. The van der Waals surface area contributed by atoms with Gasteiger partial charge in [0.2, 0.25) is 0 Å². The number of amides is 1. The molecule has 1 heterocycles. The third-order valence-corrected chi connectivity index (χ3v) is 4.50. The Morgan fingerprint density at radius 2 is 1.95 bits per heavy atom. The van der Waals surface area contributed by atoms with Crippen molar-refractivity contribution in [2.24, 2.45) is 0 Å². The van der Waals surface area contributed by atoms with E-state index in [-0.39, 0.29) is 5.91 Å². The first-order chi connectivity index (χ1) is 9.66. The number of anilines is 1. The van der Waals surface area contributed by atoms with Crippen LogP contribution in [0.2, 0.25) is 0 Å². The molecule has 3 aromatic rings. The van der Waals surface area contributed by atoms with Crippen molar-refractivity contribution in [2.45, 2.75) is 6.92 Å². The van der Waals surface area contributed by atoms with Gasteiger partial charge in [-0.1, -0.05) is 44.7 Å². The minimum atomic E-state index is -0.176. The summed E-state index contributed by atoms with van der Waals surface area (Å²) < 4.78 is 4.79. The number of nitrogens with zero attached hydrogens (tertiary/aromatic N) is 2. The van der Waals surface area contributed by atoms with E-state index < -0.39 is 0 Å². The van der Waals surface area contributed by atoms with Gasteiger partial charge in [-0.25, -0.2) is 0 Å². The monoisotopic (exact) mass is 347 g/mol. The quantitative estimate of drug-likeness (QED) is 0.761. The minimum absolute atomic E-state index is 0.176. The first-order valence-electron chi connectivity index (χ1n) is 5.94. The van der Waals surface area contributed by atoms with Crippen molar-refractivity contribution < 1.29 is 4.79 Å². The number of rotatable bonds is 2. The molecule has 0 fully saturated rings. The summed E-state index contributed by atoms with van der Waals surface area (Å²) in [6.07, 6.45) is 0. The molecule has 0 saturated carbocycles. The van der Waals surface area contributed by atoms with E-state index in [1.807, 2.05) is 36.4 Å². The van der Waals surface area contributed by atoms with Crippen LogP contribution in [0.3, 0.4) is 0 Å². The summed E-state index contributed by atoms with van der Waals surface area (Å²) in [7, 11) is 0. The lowest BCUT2D eigenvalue weighted by molar-refractivity contribution is 0.103. The van der Waals surface area contributed by atoms with Crippen molar-refractivity contribution in [3.8, 4) is 0 Å². The molecule has 0 bridgehead atoms. The lowest BCUT2D eigenvalue weighted by Crippen LogP contribution is -2.11. The molecule has 20 heavy (non-hydrogen) atoms. The largest absolute Gasteiger partial charge is 0.321 e. The van der Waals surface area contributed by atoms with Crippen LogP contribution in [0.4, 0.5) is 5.69 Å². The molecule has 0 aliphatic heterocycles. The summed E-state index contributed by atoms with van der Waals surface area (Å²) in [5.41, 5.74) is 1.43. The Labute approximate surface area is 128 Å². The number of aryl methyl sites for hydroxylation is 1. The van der Waals surface area contributed by atoms with Crippen LogP contribution in [0.5, 0.6) is 0 Å². The lowest BCUT2D eigenvalue weighted by Gasteiger charge is -2.09. The van der Waals surface area contributed by atoms with Crippen molar-refractivity contribution in [2.75, 3.05) is 5.32 Å². The van der Waals surface area contributed by atoms with Gasteiger partial charge in [-0.2, -0.15) is 0 Å². The lowest BCUT2D eigenvalue weighted by atomic mass is 10.1. The number of aromatic nitrogens is 2. The van der Waals surface area contributed by atoms with E-state index in [4.69, 9.17) is 0 Å². The second-order valence-electron chi connectivity index (χ2n) is 4.28. The Morgan fingerprint density at radius 1 is 1.20 bits per heavy atom. The molecule has 100 valence electrons. The molecule has 1 amide bonds. The number of halogens is 1. The van der Waals surface area contributed by atoms with Gasteiger partial charge >= 0.3 is 0 Å². The highest BCUT2D eigenvalue weighted by Gasteiger charge is 2.14. The molecule has 0 radical (unpaired) electrons. The van der Waals surface area contributed by atoms with E-state index in [2.05, 4.69) is 30.8 Å². The predicted molar refractivity (Wildman–Crippen MR) is 84.2 cm³/mol. The van der Waals surface area contributed by atoms with Crippen LogP contribution >= 0.6 is 27.5 Å². The number of fused-ring (bicyclic) bond motifs is 1. The highest BCUT2D eigenvalue weighted by molar-refractivity contribution is 9.10. The number of carbonyl (C=O) groups excluding carboxylic acids is 1. The fraction of sp³-hybridized carbons (Fsp3) is 0.0714. The Balaban J connectivity index is 2.02. The van der Waals surface area contributed by atoms with Crippen LogP contribution in [0.1, 0.15) is 15.4 Å². The Bertz CT molecular complexity index is 800. The number of hydrogen-bond donors (Lipinski definition) is 1. The molecule has 0 atom stereocenters. The van der Waals surface area contributed by atoms with Gasteiger partial charge in [-0.05, 0) is 36.0 Å². The number of carbonyl (C=O) groups is 1. The van der Waals surface area contributed by atoms with Crippen molar-refractivity contribution >= 4 is 49.8 Å². The van der Waals surface area contributed by atoms with Crippen LogP contribution in [0.15, 0.2) is 40.9 Å². The maximum Gasteiger partial charge on any atom is 0.269 e. The van der Waals surface area contributed by atoms with Crippen LogP contribution in [-0.2, 0) is 0 Å². The van der Waals surface area contributed by atoms with Gasteiger partial charge in [-0.3, -0.25) is 4.79 Å². The van der Waals surface area contributed by atoms with Gasteiger partial charge in [0.15, 0.2) is 0 Å². The second-order valence-corrected chi connectivity index (χ2v) is 5.89. The first-order valence-corrected chi connectivity index (χ1v) is 7.51. The fourth-order valence-electron chi connectivity index (χ4n) is 1.99.